The predicted molar refractivity (Wildman–Crippen MR) is 94.4 cm³/mol. The maximum absolute atomic E-state index is 12.0. The Hall–Kier alpha value is -2.84. The molecule has 1 unspecified atom stereocenters. The van der Waals surface area contributed by atoms with Crippen LogP contribution in [0.5, 0.6) is 0 Å². The van der Waals surface area contributed by atoms with Crippen molar-refractivity contribution in [1.29, 1.82) is 5.26 Å². The Morgan fingerprint density at radius 2 is 2.08 bits per heavy atom. The molecule has 0 saturated heterocycles. The Labute approximate surface area is 147 Å². The molecule has 0 saturated carbocycles. The number of β-amino-alcohol motifs (C(OH)–C–C–N with tert-alkyl or cyclic N) is 1. The van der Waals surface area contributed by atoms with Gasteiger partial charge in [-0.2, -0.15) is 5.26 Å². The molecule has 1 aliphatic heterocycles. The molecular formula is C20H20N2O3. The number of fused-ring (bicyclic) bond motifs is 1. The molecule has 0 spiro atoms. The first-order chi connectivity index (χ1) is 12.1. The van der Waals surface area contributed by atoms with E-state index in [1.165, 1.54) is 7.11 Å². The number of esters is 1. The smallest absolute Gasteiger partial charge is 0.338 e. The molecule has 1 N–H and O–H groups in total. The van der Waals surface area contributed by atoms with Crippen molar-refractivity contribution in [3.63, 3.8) is 0 Å². The summed E-state index contributed by atoms with van der Waals surface area (Å²) in [6.45, 7) is 1.26. The number of carbonyl (C=O) groups is 1. The Bertz CT molecular complexity index is 809. The van der Waals surface area contributed by atoms with Gasteiger partial charge in [0.15, 0.2) is 0 Å². The number of aliphatic hydroxyl groups excluding tert-OH is 1. The lowest BCUT2D eigenvalue weighted by atomic mass is 9.95. The van der Waals surface area contributed by atoms with Crippen LogP contribution < -0.4 is 4.90 Å². The van der Waals surface area contributed by atoms with Gasteiger partial charge in [-0.25, -0.2) is 4.79 Å². The van der Waals surface area contributed by atoms with E-state index in [-0.39, 0.29) is 5.97 Å². The quantitative estimate of drug-likeness (QED) is 0.869. The van der Waals surface area contributed by atoms with Gasteiger partial charge in [-0.1, -0.05) is 18.2 Å². The zero-order chi connectivity index (χ0) is 17.8. The van der Waals surface area contributed by atoms with E-state index in [1.54, 1.807) is 30.3 Å². The van der Waals surface area contributed by atoms with Gasteiger partial charge in [0, 0.05) is 18.8 Å². The van der Waals surface area contributed by atoms with Gasteiger partial charge < -0.3 is 14.7 Å². The number of rotatable bonds is 4. The summed E-state index contributed by atoms with van der Waals surface area (Å²) in [6.07, 6.45) is 1.08. The number of benzene rings is 2. The monoisotopic (exact) mass is 336 g/mol. The predicted octanol–water partition coefficient (Wildman–Crippen LogP) is 2.83. The van der Waals surface area contributed by atoms with E-state index in [2.05, 4.69) is 11.0 Å². The molecule has 128 valence electrons. The molecule has 0 radical (unpaired) electrons. The molecule has 1 heterocycles. The number of nitriles is 1. The number of hydrogen-bond acceptors (Lipinski definition) is 5. The largest absolute Gasteiger partial charge is 0.465 e. The van der Waals surface area contributed by atoms with Crippen molar-refractivity contribution < 1.29 is 14.6 Å². The lowest BCUT2D eigenvalue weighted by Crippen LogP contribution is -2.34. The Kier molecular flexibility index (Phi) is 5.01. The van der Waals surface area contributed by atoms with Crippen molar-refractivity contribution in [3.8, 4) is 6.07 Å². The zero-order valence-corrected chi connectivity index (χ0v) is 14.1. The van der Waals surface area contributed by atoms with E-state index < -0.39 is 6.10 Å². The van der Waals surface area contributed by atoms with Crippen molar-refractivity contribution in [1.82, 2.24) is 0 Å². The molecule has 1 aliphatic rings. The average Bonchev–Trinajstić information content (AvgIpc) is 2.67. The molecule has 0 fully saturated rings. The summed E-state index contributed by atoms with van der Waals surface area (Å²) in [5.74, 6) is -0.327. The van der Waals surface area contributed by atoms with Gasteiger partial charge in [-0.15, -0.1) is 0 Å². The number of hydrogen-bond donors (Lipinski definition) is 1. The van der Waals surface area contributed by atoms with Crippen molar-refractivity contribution in [2.45, 2.75) is 18.9 Å². The molecule has 3 rings (SSSR count). The van der Waals surface area contributed by atoms with E-state index in [4.69, 9.17) is 10.00 Å². The van der Waals surface area contributed by atoms with Gasteiger partial charge in [-0.3, -0.25) is 0 Å². The fraction of sp³-hybridized carbons (Fsp3) is 0.300. The molecule has 1 atom stereocenters. The highest BCUT2D eigenvalue weighted by atomic mass is 16.5. The number of ether oxygens (including phenoxy) is 1. The summed E-state index contributed by atoms with van der Waals surface area (Å²) in [5, 5.41) is 19.4. The van der Waals surface area contributed by atoms with Crippen LogP contribution in [0.2, 0.25) is 0 Å². The van der Waals surface area contributed by atoms with Crippen molar-refractivity contribution in [2.75, 3.05) is 25.1 Å². The maximum Gasteiger partial charge on any atom is 0.338 e. The Morgan fingerprint density at radius 3 is 2.76 bits per heavy atom. The summed E-state index contributed by atoms with van der Waals surface area (Å²) in [6, 6.07) is 14.6. The Morgan fingerprint density at radius 1 is 1.32 bits per heavy atom. The van der Waals surface area contributed by atoms with E-state index in [0.29, 0.717) is 17.7 Å². The molecule has 0 bridgehead atoms. The van der Waals surface area contributed by atoms with Gasteiger partial charge >= 0.3 is 5.97 Å². The van der Waals surface area contributed by atoms with Crippen LogP contribution in [0.15, 0.2) is 42.5 Å². The lowest BCUT2D eigenvalue weighted by molar-refractivity contribution is 0.0599. The maximum atomic E-state index is 12.0. The Balaban J connectivity index is 1.83. The summed E-state index contributed by atoms with van der Waals surface area (Å²) < 4.78 is 4.88. The van der Waals surface area contributed by atoms with Crippen LogP contribution in [-0.4, -0.2) is 31.3 Å². The molecule has 0 amide bonds. The number of nitrogens with zero attached hydrogens (tertiary/aromatic N) is 2. The molecule has 0 aromatic heterocycles. The van der Waals surface area contributed by atoms with Gasteiger partial charge in [0.1, 0.15) is 0 Å². The van der Waals surface area contributed by atoms with E-state index in [0.717, 1.165) is 36.2 Å². The van der Waals surface area contributed by atoms with E-state index >= 15 is 0 Å². The fourth-order valence-electron chi connectivity index (χ4n) is 3.29. The zero-order valence-electron chi connectivity index (χ0n) is 14.1. The highest BCUT2D eigenvalue weighted by Crippen LogP contribution is 2.31. The summed E-state index contributed by atoms with van der Waals surface area (Å²) in [5.41, 5.74) is 3.89. The van der Waals surface area contributed by atoms with Gasteiger partial charge in [0.05, 0.1) is 30.4 Å². The van der Waals surface area contributed by atoms with Crippen molar-refractivity contribution in [2.24, 2.45) is 0 Å². The standard InChI is InChI=1S/C20H20N2O3/c1-25-20(24)17-4-2-6-18-16(17)5-3-11-22(18)13-19(23)15-9-7-14(12-21)8-10-15/h2,4,6-10,19,23H,3,5,11,13H2,1H3. The fourth-order valence-corrected chi connectivity index (χ4v) is 3.29. The molecule has 2 aromatic carbocycles. The topological polar surface area (TPSA) is 73.6 Å². The van der Waals surface area contributed by atoms with Crippen LogP contribution in [0.3, 0.4) is 0 Å². The minimum atomic E-state index is -0.666. The molecular weight excluding hydrogens is 316 g/mol. The third-order valence-electron chi connectivity index (χ3n) is 4.57. The first-order valence-corrected chi connectivity index (χ1v) is 8.27. The third-order valence-corrected chi connectivity index (χ3v) is 4.57. The van der Waals surface area contributed by atoms with Crippen LogP contribution in [-0.2, 0) is 11.2 Å². The summed E-state index contributed by atoms with van der Waals surface area (Å²) in [4.78, 5) is 14.1. The minimum absolute atomic E-state index is 0.327. The number of anilines is 1. The van der Waals surface area contributed by atoms with Crippen LogP contribution in [0.25, 0.3) is 0 Å². The van der Waals surface area contributed by atoms with Gasteiger partial charge in [-0.05, 0) is 48.2 Å². The second kappa shape index (κ2) is 7.37. The first kappa shape index (κ1) is 17.0. The molecule has 5 nitrogen and oxygen atoms in total. The van der Waals surface area contributed by atoms with Crippen LogP contribution in [0, 0.1) is 11.3 Å². The molecule has 5 heteroatoms. The lowest BCUT2D eigenvalue weighted by Gasteiger charge is -2.33. The highest BCUT2D eigenvalue weighted by molar-refractivity contribution is 5.93. The van der Waals surface area contributed by atoms with Gasteiger partial charge in [0.2, 0.25) is 0 Å². The van der Waals surface area contributed by atoms with Crippen LogP contribution in [0.1, 0.15) is 39.6 Å². The second-order valence-corrected chi connectivity index (χ2v) is 6.09. The number of aliphatic hydroxyl groups is 1. The van der Waals surface area contributed by atoms with E-state index in [1.807, 2.05) is 12.1 Å². The van der Waals surface area contributed by atoms with Crippen LogP contribution in [0.4, 0.5) is 5.69 Å². The normalized spacial score (nSPS) is 14.4. The van der Waals surface area contributed by atoms with Gasteiger partial charge in [0.25, 0.3) is 0 Å². The minimum Gasteiger partial charge on any atom is -0.465 e. The molecule has 0 aliphatic carbocycles. The average molecular weight is 336 g/mol. The molecule has 2 aromatic rings. The SMILES string of the molecule is COC(=O)c1cccc2c1CCCN2CC(O)c1ccc(C#N)cc1. The van der Waals surface area contributed by atoms with Crippen LogP contribution >= 0.6 is 0 Å². The summed E-state index contributed by atoms with van der Waals surface area (Å²) in [7, 11) is 1.39. The number of carbonyl (C=O) groups excluding carboxylic acids is 1. The second-order valence-electron chi connectivity index (χ2n) is 6.09. The number of methoxy groups -OCH3 is 1. The molecule has 25 heavy (non-hydrogen) atoms. The highest BCUT2D eigenvalue weighted by Gasteiger charge is 2.24. The summed E-state index contributed by atoms with van der Waals surface area (Å²) >= 11 is 0. The van der Waals surface area contributed by atoms with Crippen molar-refractivity contribution in [3.05, 3.63) is 64.7 Å². The van der Waals surface area contributed by atoms with E-state index in [9.17, 15) is 9.90 Å². The third kappa shape index (κ3) is 3.49. The van der Waals surface area contributed by atoms with Crippen molar-refractivity contribution >= 4 is 11.7 Å². The first-order valence-electron chi connectivity index (χ1n) is 8.27.